The fourth-order valence-corrected chi connectivity index (χ4v) is 0.944. The van der Waals surface area contributed by atoms with Crippen molar-refractivity contribution in [3.63, 3.8) is 0 Å². The summed E-state index contributed by atoms with van der Waals surface area (Å²) in [5, 5.41) is 12.6. The Hall–Kier alpha value is -1.88. The van der Waals surface area contributed by atoms with Crippen LogP contribution in [-0.2, 0) is 0 Å². The zero-order valence-electron chi connectivity index (χ0n) is 7.47. The molecule has 0 heterocycles. The first-order valence-corrected chi connectivity index (χ1v) is 4.02. The van der Waals surface area contributed by atoms with Crippen LogP contribution < -0.4 is 11.2 Å². The fraction of sp³-hybridized carbons (Fsp3) is 0.111. The number of nitrogens with zero attached hydrogens (tertiary/aromatic N) is 1. The van der Waals surface area contributed by atoms with E-state index < -0.39 is 6.03 Å². The van der Waals surface area contributed by atoms with E-state index in [0.717, 1.165) is 5.56 Å². The van der Waals surface area contributed by atoms with E-state index in [2.05, 4.69) is 10.5 Å². The van der Waals surface area contributed by atoms with Crippen molar-refractivity contribution in [3.8, 4) is 0 Å². The number of primary amides is 1. The SMILES string of the molecule is NC(=O)NN=C(CO)c1ccccc1. The van der Waals surface area contributed by atoms with Crippen LogP contribution in [0.5, 0.6) is 0 Å². The van der Waals surface area contributed by atoms with Gasteiger partial charge in [0.1, 0.15) is 0 Å². The van der Waals surface area contributed by atoms with Crippen molar-refractivity contribution in [2.75, 3.05) is 6.61 Å². The molecule has 1 aromatic rings. The molecule has 0 radical (unpaired) electrons. The van der Waals surface area contributed by atoms with Gasteiger partial charge in [0.05, 0.1) is 12.3 Å². The Morgan fingerprint density at radius 1 is 1.43 bits per heavy atom. The van der Waals surface area contributed by atoms with Crippen LogP contribution >= 0.6 is 0 Å². The second-order valence-corrected chi connectivity index (χ2v) is 2.56. The second-order valence-electron chi connectivity index (χ2n) is 2.56. The predicted octanol–water partition coefficient (Wildman–Crippen LogP) is 0.0513. The van der Waals surface area contributed by atoms with Crippen LogP contribution in [0.3, 0.4) is 0 Å². The van der Waals surface area contributed by atoms with Gasteiger partial charge in [0, 0.05) is 5.56 Å². The minimum Gasteiger partial charge on any atom is -0.390 e. The second kappa shape index (κ2) is 4.98. The van der Waals surface area contributed by atoms with Crippen molar-refractivity contribution >= 4 is 11.7 Å². The maximum atomic E-state index is 10.4. The van der Waals surface area contributed by atoms with Gasteiger partial charge in [-0.25, -0.2) is 10.2 Å². The van der Waals surface area contributed by atoms with Crippen LogP contribution in [0.25, 0.3) is 0 Å². The molecule has 5 heteroatoms. The number of amides is 2. The van der Waals surface area contributed by atoms with Gasteiger partial charge in [-0.3, -0.25) is 0 Å². The lowest BCUT2D eigenvalue weighted by molar-refractivity contribution is 0.249. The molecule has 0 aromatic heterocycles. The minimum absolute atomic E-state index is 0.260. The van der Waals surface area contributed by atoms with E-state index in [9.17, 15) is 4.79 Å². The summed E-state index contributed by atoms with van der Waals surface area (Å²) in [7, 11) is 0. The Morgan fingerprint density at radius 3 is 2.57 bits per heavy atom. The number of aliphatic hydroxyl groups is 1. The van der Waals surface area contributed by atoms with Gasteiger partial charge in [-0.15, -0.1) is 0 Å². The van der Waals surface area contributed by atoms with Gasteiger partial charge in [-0.05, 0) is 0 Å². The van der Waals surface area contributed by atoms with Crippen LogP contribution in [0.1, 0.15) is 5.56 Å². The molecule has 0 unspecified atom stereocenters. The quantitative estimate of drug-likeness (QED) is 0.468. The smallest absolute Gasteiger partial charge is 0.332 e. The van der Waals surface area contributed by atoms with Crippen molar-refractivity contribution in [1.29, 1.82) is 0 Å². The topological polar surface area (TPSA) is 87.7 Å². The summed E-state index contributed by atoms with van der Waals surface area (Å²) < 4.78 is 0. The molecule has 0 aliphatic heterocycles. The first-order valence-electron chi connectivity index (χ1n) is 4.02. The van der Waals surface area contributed by atoms with Crippen molar-refractivity contribution in [1.82, 2.24) is 5.43 Å². The molecule has 0 fully saturated rings. The zero-order valence-corrected chi connectivity index (χ0v) is 7.47. The van der Waals surface area contributed by atoms with Crippen LogP contribution in [0.2, 0.25) is 0 Å². The normalized spacial score (nSPS) is 11.1. The molecule has 1 rings (SSSR count). The van der Waals surface area contributed by atoms with E-state index >= 15 is 0 Å². The molecule has 1 aromatic carbocycles. The highest BCUT2D eigenvalue weighted by atomic mass is 16.3. The maximum absolute atomic E-state index is 10.4. The van der Waals surface area contributed by atoms with Crippen LogP contribution in [0.4, 0.5) is 4.79 Å². The van der Waals surface area contributed by atoms with Crippen LogP contribution in [0, 0.1) is 0 Å². The lowest BCUT2D eigenvalue weighted by Crippen LogP contribution is -2.26. The molecule has 0 spiro atoms. The molecule has 0 saturated carbocycles. The number of hydrazone groups is 1. The van der Waals surface area contributed by atoms with Crippen molar-refractivity contribution < 1.29 is 9.90 Å². The van der Waals surface area contributed by atoms with Gasteiger partial charge in [-0.1, -0.05) is 30.3 Å². The van der Waals surface area contributed by atoms with E-state index in [4.69, 9.17) is 10.8 Å². The summed E-state index contributed by atoms with van der Waals surface area (Å²) in [5.41, 5.74) is 8.00. The van der Waals surface area contributed by atoms with Gasteiger partial charge in [0.25, 0.3) is 0 Å². The Balaban J connectivity index is 2.82. The molecule has 0 atom stereocenters. The number of hydrogen-bond acceptors (Lipinski definition) is 3. The summed E-state index contributed by atoms with van der Waals surface area (Å²) in [6.45, 7) is -0.260. The minimum atomic E-state index is -0.758. The Morgan fingerprint density at radius 2 is 2.07 bits per heavy atom. The first kappa shape index (κ1) is 10.2. The first-order chi connectivity index (χ1) is 6.74. The van der Waals surface area contributed by atoms with E-state index in [0.29, 0.717) is 5.71 Å². The Labute approximate surface area is 81.2 Å². The largest absolute Gasteiger partial charge is 0.390 e. The molecule has 0 aliphatic carbocycles. The monoisotopic (exact) mass is 193 g/mol. The third kappa shape index (κ3) is 2.87. The zero-order chi connectivity index (χ0) is 10.4. The van der Waals surface area contributed by atoms with Crippen LogP contribution in [0.15, 0.2) is 35.4 Å². The molecule has 0 aliphatic rings. The van der Waals surface area contributed by atoms with Crippen LogP contribution in [-0.4, -0.2) is 23.5 Å². The number of nitrogens with two attached hydrogens (primary N) is 1. The van der Waals surface area contributed by atoms with E-state index in [-0.39, 0.29) is 6.61 Å². The summed E-state index contributed by atoms with van der Waals surface area (Å²) >= 11 is 0. The molecule has 14 heavy (non-hydrogen) atoms. The number of aliphatic hydroxyl groups excluding tert-OH is 1. The highest BCUT2D eigenvalue weighted by molar-refractivity contribution is 6.01. The Kier molecular flexibility index (Phi) is 3.63. The number of carbonyl (C=O) groups is 1. The summed E-state index contributed by atoms with van der Waals surface area (Å²) in [6.07, 6.45) is 0. The van der Waals surface area contributed by atoms with Crippen molar-refractivity contribution in [2.24, 2.45) is 10.8 Å². The number of rotatable bonds is 3. The third-order valence-corrected chi connectivity index (χ3v) is 1.56. The Bertz CT molecular complexity index is 335. The molecule has 74 valence electrons. The molecule has 2 amide bonds. The number of hydrogen-bond donors (Lipinski definition) is 3. The standard InChI is InChI=1S/C9H11N3O2/c10-9(14)12-11-8(6-13)7-4-2-1-3-5-7/h1-5,13H,6H2,(H3,10,12,14). The molecular formula is C9H11N3O2. The lowest BCUT2D eigenvalue weighted by atomic mass is 10.1. The highest BCUT2D eigenvalue weighted by Gasteiger charge is 2.00. The van der Waals surface area contributed by atoms with Gasteiger partial charge in [-0.2, -0.15) is 5.10 Å². The van der Waals surface area contributed by atoms with Gasteiger partial charge < -0.3 is 10.8 Å². The van der Waals surface area contributed by atoms with Gasteiger partial charge in [0.15, 0.2) is 0 Å². The molecule has 4 N–H and O–H groups in total. The summed E-state index contributed by atoms with van der Waals surface area (Å²) in [6, 6.07) is 8.26. The summed E-state index contributed by atoms with van der Waals surface area (Å²) in [4.78, 5) is 10.4. The molecule has 0 bridgehead atoms. The van der Waals surface area contributed by atoms with Crippen molar-refractivity contribution in [2.45, 2.75) is 0 Å². The fourth-order valence-electron chi connectivity index (χ4n) is 0.944. The van der Waals surface area contributed by atoms with Gasteiger partial charge >= 0.3 is 6.03 Å². The average Bonchev–Trinajstić information content (AvgIpc) is 2.20. The summed E-state index contributed by atoms with van der Waals surface area (Å²) in [5.74, 6) is 0. The predicted molar refractivity (Wildman–Crippen MR) is 52.8 cm³/mol. The molecule has 5 nitrogen and oxygen atoms in total. The lowest BCUT2D eigenvalue weighted by Gasteiger charge is -2.02. The number of nitrogens with one attached hydrogen (secondary N) is 1. The molecule has 0 saturated heterocycles. The number of urea groups is 1. The third-order valence-electron chi connectivity index (χ3n) is 1.56. The maximum Gasteiger partial charge on any atom is 0.332 e. The molecular weight excluding hydrogens is 182 g/mol. The van der Waals surface area contributed by atoms with E-state index in [1.165, 1.54) is 0 Å². The number of carbonyl (C=O) groups excluding carboxylic acids is 1. The van der Waals surface area contributed by atoms with E-state index in [1.54, 1.807) is 12.1 Å². The highest BCUT2D eigenvalue weighted by Crippen LogP contribution is 1.99. The van der Waals surface area contributed by atoms with E-state index in [1.807, 2.05) is 18.2 Å². The van der Waals surface area contributed by atoms with Gasteiger partial charge in [0.2, 0.25) is 0 Å². The van der Waals surface area contributed by atoms with Crippen molar-refractivity contribution in [3.05, 3.63) is 35.9 Å². The average molecular weight is 193 g/mol. The number of benzene rings is 1.